The van der Waals surface area contributed by atoms with Crippen LogP contribution in [-0.2, 0) is 43.2 Å². The number of nitrogens with one attached hydrogen (secondary N) is 6. The summed E-state index contributed by atoms with van der Waals surface area (Å²) in [7, 11) is 0. The van der Waals surface area contributed by atoms with Crippen molar-refractivity contribution in [1.82, 2.24) is 31.9 Å². The normalized spacial score (nSPS) is 15.6. The number of rotatable bonds is 25. The van der Waals surface area contributed by atoms with E-state index in [9.17, 15) is 53.4 Å². The minimum absolute atomic E-state index is 0.0619. The lowest BCUT2D eigenvalue weighted by atomic mass is 10.0. The zero-order valence-electron chi connectivity index (χ0n) is 30.2. The largest absolute Gasteiger partial charge is 0.481 e. The molecular formula is C31H54N8O12S. The first-order chi connectivity index (χ1) is 24.1. The smallest absolute Gasteiger partial charge is 0.325 e. The maximum atomic E-state index is 13.6. The second-order valence-electron chi connectivity index (χ2n) is 12.7. The van der Waals surface area contributed by atoms with Gasteiger partial charge in [-0.25, -0.2) is 0 Å². The number of carbonyl (C=O) groups excluding carboxylic acids is 7. The molecule has 13 N–H and O–H groups in total. The summed E-state index contributed by atoms with van der Waals surface area (Å²) in [5.41, 5.74) is 10.9. The van der Waals surface area contributed by atoms with E-state index in [-0.39, 0.29) is 31.6 Å². The fraction of sp³-hybridized carbons (Fsp3) is 0.710. The number of amides is 7. The molecule has 0 radical (unpaired) electrons. The molecule has 20 nitrogen and oxygen atoms in total. The van der Waals surface area contributed by atoms with Crippen molar-refractivity contribution >= 4 is 65.1 Å². The standard InChI is InChI=1S/C31H54N8O12S/c1-14(2)13-21(29(48)36-20(11-12-52-6)27(46)35-16(4)31(50)51)38-28(47)19(8-9-22(33)41)37-30(49)24(17(5)40)39-25(44)15(3)34-26(45)18(32)7-10-23(42)43/h14-21,24,40H,7-13,32H2,1-6H3,(H2,33,41)(H,34,45)(H,35,46)(H,36,48)(H,37,49)(H,38,47)(H,39,44)(H,42,43)(H,50,51)/t15-,16-,17+,18-,19-,20-,21-,24-/m0/s1. The number of aliphatic hydroxyl groups is 1. The molecule has 0 aromatic heterocycles. The molecule has 0 spiro atoms. The van der Waals surface area contributed by atoms with Crippen LogP contribution in [0, 0.1) is 5.92 Å². The molecule has 8 atom stereocenters. The van der Waals surface area contributed by atoms with Gasteiger partial charge < -0.3 is 58.7 Å². The van der Waals surface area contributed by atoms with E-state index in [4.69, 9.17) is 16.6 Å². The average molecular weight is 763 g/mol. The molecule has 0 aromatic carbocycles. The molecule has 0 aliphatic rings. The number of nitrogens with two attached hydrogens (primary N) is 2. The second-order valence-corrected chi connectivity index (χ2v) is 13.6. The van der Waals surface area contributed by atoms with Gasteiger partial charge in [0.2, 0.25) is 41.4 Å². The topological polar surface area (TPSA) is 339 Å². The van der Waals surface area contributed by atoms with Crippen molar-refractivity contribution in [3.05, 3.63) is 0 Å². The van der Waals surface area contributed by atoms with Gasteiger partial charge in [0.15, 0.2) is 0 Å². The minimum Gasteiger partial charge on any atom is -0.481 e. The Bertz CT molecular complexity index is 1280. The van der Waals surface area contributed by atoms with Crippen molar-refractivity contribution in [3.8, 4) is 0 Å². The summed E-state index contributed by atoms with van der Waals surface area (Å²) in [6.07, 6.45) is -0.917. The van der Waals surface area contributed by atoms with Crippen molar-refractivity contribution < 1.29 is 58.5 Å². The predicted octanol–water partition coefficient (Wildman–Crippen LogP) is -3.34. The van der Waals surface area contributed by atoms with Gasteiger partial charge in [-0.3, -0.25) is 43.2 Å². The van der Waals surface area contributed by atoms with Gasteiger partial charge in [0.05, 0.1) is 12.1 Å². The van der Waals surface area contributed by atoms with E-state index in [0.717, 1.165) is 6.92 Å². The lowest BCUT2D eigenvalue weighted by Gasteiger charge is -2.28. The summed E-state index contributed by atoms with van der Waals surface area (Å²) in [6, 6.07) is -9.40. The fourth-order valence-electron chi connectivity index (χ4n) is 4.42. The van der Waals surface area contributed by atoms with Crippen molar-refractivity contribution in [3.63, 3.8) is 0 Å². The first-order valence-corrected chi connectivity index (χ1v) is 18.0. The fourth-order valence-corrected chi connectivity index (χ4v) is 4.90. The first-order valence-electron chi connectivity index (χ1n) is 16.6. The highest BCUT2D eigenvalue weighted by Crippen LogP contribution is 2.10. The average Bonchev–Trinajstić information content (AvgIpc) is 3.04. The molecule has 0 saturated carbocycles. The summed E-state index contributed by atoms with van der Waals surface area (Å²) < 4.78 is 0. The highest BCUT2D eigenvalue weighted by Gasteiger charge is 2.34. The molecule has 0 aromatic rings. The molecule has 0 saturated heterocycles. The van der Waals surface area contributed by atoms with Gasteiger partial charge >= 0.3 is 11.9 Å². The molecule has 7 amide bonds. The molecule has 0 heterocycles. The van der Waals surface area contributed by atoms with E-state index >= 15 is 0 Å². The monoisotopic (exact) mass is 762 g/mol. The summed E-state index contributed by atoms with van der Waals surface area (Å²) >= 11 is 1.38. The molecule has 0 rings (SSSR count). The van der Waals surface area contributed by atoms with Crippen LogP contribution in [0.15, 0.2) is 0 Å². The third-order valence-corrected chi connectivity index (χ3v) is 8.09. The van der Waals surface area contributed by atoms with E-state index in [2.05, 4.69) is 31.9 Å². The van der Waals surface area contributed by atoms with Gasteiger partial charge in [0, 0.05) is 12.8 Å². The lowest BCUT2D eigenvalue weighted by Crippen LogP contribution is -2.61. The quantitative estimate of drug-likeness (QED) is 0.0433. The van der Waals surface area contributed by atoms with E-state index in [1.165, 1.54) is 25.6 Å². The zero-order chi connectivity index (χ0) is 40.3. The first kappa shape index (κ1) is 47.5. The Kier molecular flexibility index (Phi) is 21.8. The third kappa shape index (κ3) is 18.7. The van der Waals surface area contributed by atoms with Crippen LogP contribution in [0.3, 0.4) is 0 Å². The SMILES string of the molecule is CSCC[C@H](NC(=O)[C@H](CC(C)C)NC(=O)[C@H](CCC(N)=O)NC(=O)[C@@H](NC(=O)[C@H](C)NC(=O)[C@@H](N)CCC(=O)O)[C@@H](C)O)C(=O)N[C@@H](C)C(=O)O. The Morgan fingerprint density at radius 3 is 1.62 bits per heavy atom. The summed E-state index contributed by atoms with van der Waals surface area (Å²) in [6.45, 7) is 7.19. The van der Waals surface area contributed by atoms with Gasteiger partial charge in [-0.05, 0) is 64.4 Å². The number of carbonyl (C=O) groups is 9. The van der Waals surface area contributed by atoms with Crippen molar-refractivity contribution in [2.75, 3.05) is 12.0 Å². The van der Waals surface area contributed by atoms with E-state index < -0.39 is 115 Å². The molecule has 296 valence electrons. The Balaban J connectivity index is 6.02. The summed E-state index contributed by atoms with van der Waals surface area (Å²) in [5, 5.41) is 42.6. The van der Waals surface area contributed by atoms with Crippen LogP contribution in [0.2, 0.25) is 0 Å². The predicted molar refractivity (Wildman–Crippen MR) is 188 cm³/mol. The number of thioether (sulfide) groups is 1. The Hall–Kier alpha value is -4.50. The van der Waals surface area contributed by atoms with Gasteiger partial charge in [-0.2, -0.15) is 11.8 Å². The van der Waals surface area contributed by atoms with Crippen LogP contribution in [0.5, 0.6) is 0 Å². The Morgan fingerprint density at radius 1 is 0.615 bits per heavy atom. The highest BCUT2D eigenvalue weighted by atomic mass is 32.2. The van der Waals surface area contributed by atoms with Crippen LogP contribution in [0.1, 0.15) is 73.1 Å². The molecule has 0 aliphatic carbocycles. The molecule has 0 aliphatic heterocycles. The molecule has 52 heavy (non-hydrogen) atoms. The highest BCUT2D eigenvalue weighted by molar-refractivity contribution is 7.98. The van der Waals surface area contributed by atoms with Gasteiger partial charge in [-0.1, -0.05) is 13.8 Å². The second kappa shape index (κ2) is 23.9. The van der Waals surface area contributed by atoms with Crippen LogP contribution in [0.25, 0.3) is 0 Å². The number of carboxylic acids is 2. The van der Waals surface area contributed by atoms with Crippen LogP contribution < -0.4 is 43.4 Å². The molecular weight excluding hydrogens is 708 g/mol. The molecule has 0 unspecified atom stereocenters. The molecule has 21 heteroatoms. The van der Waals surface area contributed by atoms with Gasteiger partial charge in [0.1, 0.15) is 36.3 Å². The Labute approximate surface area is 306 Å². The van der Waals surface area contributed by atoms with E-state index in [0.29, 0.717) is 5.75 Å². The van der Waals surface area contributed by atoms with Crippen LogP contribution in [-0.4, -0.2) is 129 Å². The Morgan fingerprint density at radius 2 is 1.12 bits per heavy atom. The molecule has 0 bridgehead atoms. The number of carboxylic acid groups (broad SMARTS) is 2. The zero-order valence-corrected chi connectivity index (χ0v) is 31.0. The number of hydrogen-bond acceptors (Lipinski definition) is 12. The molecule has 0 fully saturated rings. The van der Waals surface area contributed by atoms with Crippen molar-refractivity contribution in [1.29, 1.82) is 0 Å². The lowest BCUT2D eigenvalue weighted by molar-refractivity contribution is -0.142. The summed E-state index contributed by atoms with van der Waals surface area (Å²) in [4.78, 5) is 112. The minimum atomic E-state index is -1.69. The van der Waals surface area contributed by atoms with Crippen molar-refractivity contribution in [2.45, 2.75) is 122 Å². The number of aliphatic hydroxyl groups excluding tert-OH is 1. The number of hydrogen-bond donors (Lipinski definition) is 11. The maximum absolute atomic E-state index is 13.6. The van der Waals surface area contributed by atoms with Crippen LogP contribution >= 0.6 is 11.8 Å². The van der Waals surface area contributed by atoms with E-state index in [1.54, 1.807) is 20.1 Å². The number of aliphatic carboxylic acids is 2. The number of primary amides is 1. The summed E-state index contributed by atoms with van der Waals surface area (Å²) in [5.74, 6) is -8.36. The third-order valence-electron chi connectivity index (χ3n) is 7.45. The van der Waals surface area contributed by atoms with Crippen molar-refractivity contribution in [2.24, 2.45) is 17.4 Å². The maximum Gasteiger partial charge on any atom is 0.325 e. The van der Waals surface area contributed by atoms with Gasteiger partial charge in [-0.15, -0.1) is 0 Å². The van der Waals surface area contributed by atoms with E-state index in [1.807, 2.05) is 0 Å². The van der Waals surface area contributed by atoms with Crippen LogP contribution in [0.4, 0.5) is 0 Å². The van der Waals surface area contributed by atoms with Gasteiger partial charge in [0.25, 0.3) is 0 Å².